The molecule has 1 aromatic heterocycles. The smallest absolute Gasteiger partial charge is 0.322 e. The molecule has 2 aromatic carbocycles. The molecule has 4 amide bonds. The van der Waals surface area contributed by atoms with E-state index in [9.17, 15) is 14.4 Å². The quantitative estimate of drug-likeness (QED) is 0.381. The van der Waals surface area contributed by atoms with Crippen LogP contribution in [0.25, 0.3) is 11.4 Å². The van der Waals surface area contributed by atoms with Gasteiger partial charge in [0.05, 0.1) is 5.75 Å². The van der Waals surface area contributed by atoms with Gasteiger partial charge < -0.3 is 9.88 Å². The van der Waals surface area contributed by atoms with Crippen molar-refractivity contribution >= 4 is 29.6 Å². The molecular weight excluding hydrogens is 452 g/mol. The van der Waals surface area contributed by atoms with Gasteiger partial charge in [-0.2, -0.15) is 5.01 Å². The van der Waals surface area contributed by atoms with E-state index in [0.29, 0.717) is 23.8 Å². The van der Waals surface area contributed by atoms with Crippen molar-refractivity contribution in [1.82, 2.24) is 30.5 Å². The Morgan fingerprint density at radius 3 is 2.50 bits per heavy atom. The summed E-state index contributed by atoms with van der Waals surface area (Å²) in [5.74, 6) is -0.309. The van der Waals surface area contributed by atoms with E-state index in [2.05, 4.69) is 20.9 Å². The highest BCUT2D eigenvalue weighted by molar-refractivity contribution is 7.99. The van der Waals surface area contributed by atoms with Crippen LogP contribution in [0, 0.1) is 6.92 Å². The predicted octanol–water partition coefficient (Wildman–Crippen LogP) is 2.86. The normalized spacial score (nSPS) is 17.7. The van der Waals surface area contributed by atoms with Crippen molar-refractivity contribution in [2.24, 2.45) is 7.05 Å². The van der Waals surface area contributed by atoms with Crippen molar-refractivity contribution in [2.75, 3.05) is 5.75 Å². The summed E-state index contributed by atoms with van der Waals surface area (Å²) in [6.07, 6.45) is 1.04. The van der Waals surface area contributed by atoms with Crippen LogP contribution in [0.5, 0.6) is 0 Å². The van der Waals surface area contributed by atoms with Gasteiger partial charge in [-0.15, -0.1) is 10.2 Å². The summed E-state index contributed by atoms with van der Waals surface area (Å²) in [5.41, 5.74) is 4.47. The Bertz CT molecular complexity index is 1210. The zero-order chi connectivity index (χ0) is 24.3. The van der Waals surface area contributed by atoms with Crippen LogP contribution in [-0.2, 0) is 23.1 Å². The fourth-order valence-corrected chi connectivity index (χ4v) is 4.38. The Morgan fingerprint density at radius 1 is 1.09 bits per heavy atom. The number of thioether (sulfide) groups is 1. The standard InChI is InChI=1S/C24H26N6O3S/c1-16-9-11-18(12-10-16)20-26-27-23(29(20)3)34-15-19(31)28-30-21(32)24(2,25-22(30)33)14-13-17-7-5-4-6-8-17/h4-12H,13-15H2,1-3H3,(H,25,33)(H,28,31)/t24-/m0/s1. The average molecular weight is 479 g/mol. The van der Waals surface area contributed by atoms with Crippen molar-refractivity contribution in [3.8, 4) is 11.4 Å². The molecule has 34 heavy (non-hydrogen) atoms. The fourth-order valence-electron chi connectivity index (χ4n) is 3.68. The lowest BCUT2D eigenvalue weighted by Gasteiger charge is -2.21. The number of urea groups is 1. The van der Waals surface area contributed by atoms with Crippen molar-refractivity contribution in [2.45, 2.75) is 37.4 Å². The van der Waals surface area contributed by atoms with Crippen LogP contribution in [0.1, 0.15) is 24.5 Å². The molecule has 2 heterocycles. The monoisotopic (exact) mass is 478 g/mol. The van der Waals surface area contributed by atoms with Crippen molar-refractivity contribution in [3.05, 3.63) is 65.7 Å². The molecule has 0 bridgehead atoms. The van der Waals surface area contributed by atoms with Gasteiger partial charge >= 0.3 is 6.03 Å². The van der Waals surface area contributed by atoms with Gasteiger partial charge in [-0.05, 0) is 32.3 Å². The van der Waals surface area contributed by atoms with E-state index in [-0.39, 0.29) is 5.75 Å². The minimum Gasteiger partial charge on any atom is -0.322 e. The van der Waals surface area contributed by atoms with E-state index >= 15 is 0 Å². The highest BCUT2D eigenvalue weighted by atomic mass is 32.2. The third kappa shape index (κ3) is 4.96. The molecule has 1 aliphatic rings. The number of hydrogen-bond acceptors (Lipinski definition) is 6. The fraction of sp³-hybridized carbons (Fsp3) is 0.292. The molecule has 0 saturated carbocycles. The molecule has 4 rings (SSSR count). The molecule has 0 aliphatic carbocycles. The lowest BCUT2D eigenvalue weighted by atomic mass is 9.93. The van der Waals surface area contributed by atoms with Gasteiger partial charge in [0.1, 0.15) is 5.54 Å². The minimum atomic E-state index is -1.08. The summed E-state index contributed by atoms with van der Waals surface area (Å²) < 4.78 is 1.80. The average Bonchev–Trinajstić information content (AvgIpc) is 3.29. The maximum Gasteiger partial charge on any atom is 0.344 e. The van der Waals surface area contributed by atoms with E-state index in [0.717, 1.165) is 21.7 Å². The molecule has 10 heteroatoms. The molecule has 0 spiro atoms. The van der Waals surface area contributed by atoms with Crippen molar-refractivity contribution in [1.29, 1.82) is 0 Å². The summed E-state index contributed by atoms with van der Waals surface area (Å²) in [4.78, 5) is 37.8. The molecule has 9 nitrogen and oxygen atoms in total. The summed E-state index contributed by atoms with van der Waals surface area (Å²) in [5, 5.41) is 12.4. The number of rotatable bonds is 8. The first-order valence-corrected chi connectivity index (χ1v) is 11.8. The van der Waals surface area contributed by atoms with Gasteiger partial charge in [-0.1, -0.05) is 71.9 Å². The number of aryl methyl sites for hydroxylation is 2. The highest BCUT2D eigenvalue weighted by Crippen LogP contribution is 2.24. The van der Waals surface area contributed by atoms with Gasteiger partial charge in [0, 0.05) is 12.6 Å². The number of nitrogens with zero attached hydrogens (tertiary/aromatic N) is 4. The molecule has 176 valence electrons. The number of carbonyl (C=O) groups is 3. The lowest BCUT2D eigenvalue weighted by molar-refractivity contribution is -0.138. The summed E-state index contributed by atoms with van der Waals surface area (Å²) >= 11 is 1.17. The number of benzene rings is 2. The van der Waals surface area contributed by atoms with Gasteiger partial charge in [0.15, 0.2) is 11.0 Å². The predicted molar refractivity (Wildman–Crippen MR) is 129 cm³/mol. The second-order valence-electron chi connectivity index (χ2n) is 8.44. The van der Waals surface area contributed by atoms with E-state index in [1.165, 1.54) is 11.8 Å². The third-order valence-corrected chi connectivity index (χ3v) is 6.75. The largest absolute Gasteiger partial charge is 0.344 e. The molecular formula is C24H26N6O3S. The molecule has 2 N–H and O–H groups in total. The Balaban J connectivity index is 1.34. The summed E-state index contributed by atoms with van der Waals surface area (Å²) in [7, 11) is 1.82. The van der Waals surface area contributed by atoms with Gasteiger partial charge in [0.25, 0.3) is 5.91 Å². The number of carbonyl (C=O) groups excluding carboxylic acids is 3. The molecule has 0 radical (unpaired) electrons. The van der Waals surface area contributed by atoms with Crippen LogP contribution >= 0.6 is 11.8 Å². The Hall–Kier alpha value is -3.66. The molecule has 3 aromatic rings. The Morgan fingerprint density at radius 2 is 1.79 bits per heavy atom. The molecule has 1 saturated heterocycles. The van der Waals surface area contributed by atoms with Crippen LogP contribution in [0.15, 0.2) is 59.8 Å². The number of amides is 4. The van der Waals surface area contributed by atoms with Crippen molar-refractivity contribution in [3.63, 3.8) is 0 Å². The van der Waals surface area contributed by atoms with Gasteiger partial charge in [-0.25, -0.2) is 4.79 Å². The molecule has 1 aliphatic heterocycles. The van der Waals surface area contributed by atoms with E-state index in [1.807, 2.05) is 68.6 Å². The van der Waals surface area contributed by atoms with Crippen LogP contribution in [0.4, 0.5) is 4.79 Å². The maximum absolute atomic E-state index is 12.9. The first-order chi connectivity index (χ1) is 16.3. The third-order valence-electron chi connectivity index (χ3n) is 5.73. The van der Waals surface area contributed by atoms with Gasteiger partial charge in [0.2, 0.25) is 5.91 Å². The second kappa shape index (κ2) is 9.68. The molecule has 1 fully saturated rings. The topological polar surface area (TPSA) is 109 Å². The van der Waals surface area contributed by atoms with Crippen LogP contribution in [0.2, 0.25) is 0 Å². The van der Waals surface area contributed by atoms with E-state index in [4.69, 9.17) is 0 Å². The van der Waals surface area contributed by atoms with Crippen LogP contribution < -0.4 is 10.7 Å². The Kier molecular flexibility index (Phi) is 6.69. The van der Waals surface area contributed by atoms with Crippen LogP contribution in [-0.4, -0.2) is 48.9 Å². The van der Waals surface area contributed by atoms with Crippen LogP contribution in [0.3, 0.4) is 0 Å². The second-order valence-corrected chi connectivity index (χ2v) is 9.39. The molecule has 1 atom stereocenters. The highest BCUT2D eigenvalue weighted by Gasteiger charge is 2.48. The van der Waals surface area contributed by atoms with E-state index in [1.54, 1.807) is 11.5 Å². The molecule has 0 unspecified atom stereocenters. The lowest BCUT2D eigenvalue weighted by Crippen LogP contribution is -2.49. The number of aromatic nitrogens is 3. The first-order valence-electron chi connectivity index (χ1n) is 10.9. The first kappa shape index (κ1) is 23.5. The number of hydrazine groups is 1. The number of nitrogens with one attached hydrogen (secondary N) is 2. The number of imide groups is 1. The Labute approximate surface area is 201 Å². The van der Waals surface area contributed by atoms with E-state index < -0.39 is 23.4 Å². The maximum atomic E-state index is 12.9. The summed E-state index contributed by atoms with van der Waals surface area (Å²) in [6, 6.07) is 17.0. The van der Waals surface area contributed by atoms with Gasteiger partial charge in [-0.3, -0.25) is 15.0 Å². The minimum absolute atomic E-state index is 0.0301. The van der Waals surface area contributed by atoms with Crippen molar-refractivity contribution < 1.29 is 14.4 Å². The zero-order valence-corrected chi connectivity index (χ0v) is 20.1. The number of hydrogen-bond donors (Lipinski definition) is 2. The summed E-state index contributed by atoms with van der Waals surface area (Å²) in [6.45, 7) is 3.68. The zero-order valence-electron chi connectivity index (χ0n) is 19.2. The SMILES string of the molecule is Cc1ccc(-c2nnc(SCC(=O)NN3C(=O)N[C@@](C)(CCc4ccccc4)C3=O)n2C)cc1.